The number of aromatic nitrogens is 3. The van der Waals surface area contributed by atoms with E-state index in [2.05, 4.69) is 33.5 Å². The van der Waals surface area contributed by atoms with Crippen molar-refractivity contribution in [2.75, 3.05) is 13.7 Å². The zero-order valence-corrected chi connectivity index (χ0v) is 18.2. The van der Waals surface area contributed by atoms with Crippen LogP contribution in [-0.4, -0.2) is 34.2 Å². The largest absolute Gasteiger partial charge is 0.496 e. The van der Waals surface area contributed by atoms with Crippen LogP contribution in [0.15, 0.2) is 47.7 Å². The summed E-state index contributed by atoms with van der Waals surface area (Å²) in [6.45, 7) is 1.70. The third-order valence-corrected chi connectivity index (χ3v) is 8.09. The molecule has 3 aromatic heterocycles. The fourth-order valence-electron chi connectivity index (χ4n) is 5.54. The third kappa shape index (κ3) is 2.98. The minimum atomic E-state index is 0.0354. The van der Waals surface area contributed by atoms with E-state index < -0.39 is 0 Å². The number of hydrogen-bond donors (Lipinski definition) is 1. The molecule has 1 aromatic carbocycles. The van der Waals surface area contributed by atoms with E-state index in [0.717, 1.165) is 40.9 Å². The van der Waals surface area contributed by atoms with Gasteiger partial charge in [0.15, 0.2) is 0 Å². The Hall–Kier alpha value is -2.77. The summed E-state index contributed by atoms with van der Waals surface area (Å²) in [6, 6.07) is 10.7. The van der Waals surface area contributed by atoms with Crippen LogP contribution in [0.5, 0.6) is 5.75 Å². The number of rotatable bonds is 4. The predicted octanol–water partition coefficient (Wildman–Crippen LogP) is 3.72. The summed E-state index contributed by atoms with van der Waals surface area (Å²) in [5.74, 6) is 2.13. The van der Waals surface area contributed by atoms with Gasteiger partial charge < -0.3 is 10.1 Å². The fraction of sp³-hybridized carbons (Fsp3) is 0.375. The summed E-state index contributed by atoms with van der Waals surface area (Å²) in [6.07, 6.45) is 6.62. The number of nitrogens with zero attached hydrogens (tertiary/aromatic N) is 3. The van der Waals surface area contributed by atoms with Crippen LogP contribution in [0.2, 0.25) is 0 Å². The van der Waals surface area contributed by atoms with Gasteiger partial charge in [0.2, 0.25) is 0 Å². The van der Waals surface area contributed by atoms with Gasteiger partial charge in [-0.25, -0.2) is 9.97 Å². The zero-order chi connectivity index (χ0) is 20.9. The average Bonchev–Trinajstić information content (AvgIpc) is 3.40. The number of thiophene rings is 1. The summed E-state index contributed by atoms with van der Waals surface area (Å²) >= 11 is 1.44. The molecule has 4 heterocycles. The molecule has 1 N–H and O–H groups in total. The van der Waals surface area contributed by atoms with E-state index in [1.165, 1.54) is 28.9 Å². The topological polar surface area (TPSA) is 69.0 Å². The number of benzene rings is 1. The Morgan fingerprint density at radius 3 is 3.10 bits per heavy atom. The highest BCUT2D eigenvalue weighted by molar-refractivity contribution is 7.25. The van der Waals surface area contributed by atoms with Gasteiger partial charge in [-0.1, -0.05) is 12.1 Å². The van der Waals surface area contributed by atoms with Crippen LogP contribution in [0.4, 0.5) is 0 Å². The maximum absolute atomic E-state index is 13.1. The predicted molar refractivity (Wildman–Crippen MR) is 123 cm³/mol. The Morgan fingerprint density at radius 1 is 1.26 bits per heavy atom. The van der Waals surface area contributed by atoms with Crippen molar-refractivity contribution < 1.29 is 4.74 Å². The standard InChI is InChI=1S/C24H24N4O2S/c1-30-19-6-2-4-16-15(19)8-7-14-12-26-18(20(14)16)9-11-28-13-27-21-17-5-3-10-25-23(17)31-22(21)24(28)29/h2-6,10,13-14,18,20,26H,7-9,11-12H2,1H3/t14-,18?,20+/m0/s1. The molecule has 0 spiro atoms. The van der Waals surface area contributed by atoms with E-state index in [4.69, 9.17) is 4.74 Å². The lowest BCUT2D eigenvalue weighted by Crippen LogP contribution is -2.31. The first-order chi connectivity index (χ1) is 15.2. The Bertz CT molecular complexity index is 1340. The Morgan fingerprint density at radius 2 is 2.19 bits per heavy atom. The van der Waals surface area contributed by atoms with Gasteiger partial charge in [-0.3, -0.25) is 9.36 Å². The van der Waals surface area contributed by atoms with Gasteiger partial charge in [-0.05, 0) is 61.1 Å². The van der Waals surface area contributed by atoms with Crippen molar-refractivity contribution in [1.29, 1.82) is 0 Å². The molecule has 3 atom stereocenters. The summed E-state index contributed by atoms with van der Waals surface area (Å²) in [5, 5.41) is 4.70. The first-order valence-electron chi connectivity index (χ1n) is 10.9. The van der Waals surface area contributed by atoms with Gasteiger partial charge >= 0.3 is 0 Å². The van der Waals surface area contributed by atoms with Crippen LogP contribution in [0.1, 0.15) is 29.9 Å². The molecule has 6 nitrogen and oxygen atoms in total. The van der Waals surface area contributed by atoms with Gasteiger partial charge in [0.1, 0.15) is 15.3 Å². The second-order valence-corrected chi connectivity index (χ2v) is 9.53. The van der Waals surface area contributed by atoms with Gasteiger partial charge in [-0.15, -0.1) is 11.3 Å². The van der Waals surface area contributed by atoms with Gasteiger partial charge in [0.05, 0.1) is 19.0 Å². The van der Waals surface area contributed by atoms with Crippen molar-refractivity contribution in [3.8, 4) is 5.75 Å². The first kappa shape index (κ1) is 19.0. The number of methoxy groups -OCH3 is 1. The van der Waals surface area contributed by atoms with E-state index in [1.54, 1.807) is 24.2 Å². The summed E-state index contributed by atoms with van der Waals surface area (Å²) < 4.78 is 8.09. The zero-order valence-electron chi connectivity index (χ0n) is 17.4. The average molecular weight is 433 g/mol. The van der Waals surface area contributed by atoms with Crippen molar-refractivity contribution in [3.63, 3.8) is 0 Å². The highest BCUT2D eigenvalue weighted by Crippen LogP contribution is 2.45. The van der Waals surface area contributed by atoms with Crippen molar-refractivity contribution in [2.45, 2.75) is 37.8 Å². The van der Waals surface area contributed by atoms with Gasteiger partial charge in [0.25, 0.3) is 5.56 Å². The van der Waals surface area contributed by atoms with Crippen molar-refractivity contribution in [1.82, 2.24) is 19.9 Å². The lowest BCUT2D eigenvalue weighted by molar-refractivity contribution is 0.371. The molecule has 1 aliphatic heterocycles. The van der Waals surface area contributed by atoms with Crippen LogP contribution < -0.4 is 15.6 Å². The third-order valence-electron chi connectivity index (χ3n) is 7.00. The van der Waals surface area contributed by atoms with Crippen molar-refractivity contribution >= 4 is 31.8 Å². The molecule has 1 aliphatic carbocycles. The minimum absolute atomic E-state index is 0.0354. The normalized spacial score (nSPS) is 22.5. The van der Waals surface area contributed by atoms with Crippen LogP contribution in [0.3, 0.4) is 0 Å². The molecule has 158 valence electrons. The molecule has 1 saturated heterocycles. The molecule has 31 heavy (non-hydrogen) atoms. The Kier molecular flexibility index (Phi) is 4.54. The minimum Gasteiger partial charge on any atom is -0.496 e. The maximum atomic E-state index is 13.1. The molecular weight excluding hydrogens is 408 g/mol. The fourth-order valence-corrected chi connectivity index (χ4v) is 6.59. The molecule has 2 aliphatic rings. The molecular formula is C24H24N4O2S. The molecule has 0 radical (unpaired) electrons. The second kappa shape index (κ2) is 7.43. The number of hydrogen-bond acceptors (Lipinski definition) is 6. The lowest BCUT2D eigenvalue weighted by Gasteiger charge is -2.32. The smallest absolute Gasteiger partial charge is 0.271 e. The maximum Gasteiger partial charge on any atom is 0.271 e. The molecule has 0 saturated carbocycles. The quantitative estimate of drug-likeness (QED) is 0.532. The summed E-state index contributed by atoms with van der Waals surface area (Å²) in [5.41, 5.74) is 3.58. The molecule has 1 unspecified atom stereocenters. The molecule has 0 bridgehead atoms. The molecule has 4 aromatic rings. The Labute approximate surface area is 183 Å². The van der Waals surface area contributed by atoms with Gasteiger partial charge in [-0.2, -0.15) is 0 Å². The monoisotopic (exact) mass is 432 g/mol. The molecule has 7 heteroatoms. The highest BCUT2D eigenvalue weighted by Gasteiger charge is 2.40. The van der Waals surface area contributed by atoms with Crippen molar-refractivity contribution in [2.24, 2.45) is 5.92 Å². The molecule has 1 fully saturated rings. The van der Waals surface area contributed by atoms with Crippen LogP contribution in [0, 0.1) is 5.92 Å². The highest BCUT2D eigenvalue weighted by atomic mass is 32.1. The van der Waals surface area contributed by atoms with E-state index in [-0.39, 0.29) is 5.56 Å². The van der Waals surface area contributed by atoms with Gasteiger partial charge in [0, 0.05) is 30.1 Å². The number of fused-ring (bicyclic) bond motifs is 6. The van der Waals surface area contributed by atoms with E-state index in [1.807, 2.05) is 12.1 Å². The first-order valence-corrected chi connectivity index (χ1v) is 11.7. The summed E-state index contributed by atoms with van der Waals surface area (Å²) in [4.78, 5) is 23.0. The lowest BCUT2D eigenvalue weighted by atomic mass is 9.73. The van der Waals surface area contributed by atoms with Crippen LogP contribution in [-0.2, 0) is 13.0 Å². The van der Waals surface area contributed by atoms with Crippen LogP contribution in [0.25, 0.3) is 20.4 Å². The molecule has 0 amide bonds. The number of ether oxygens (including phenoxy) is 1. The number of pyridine rings is 1. The SMILES string of the molecule is COc1cccc2c1CC[C@H]1CNC(CCn3cnc4c(sc5ncccc54)c3=O)[C@@H]21. The second-order valence-electron chi connectivity index (χ2n) is 8.54. The van der Waals surface area contributed by atoms with E-state index in [0.29, 0.717) is 29.1 Å². The van der Waals surface area contributed by atoms with Crippen LogP contribution >= 0.6 is 11.3 Å². The molecule has 6 rings (SSSR count). The number of nitrogens with one attached hydrogen (secondary N) is 1. The van der Waals surface area contributed by atoms with E-state index in [9.17, 15) is 4.79 Å². The number of aryl methyl sites for hydroxylation is 1. The van der Waals surface area contributed by atoms with Crippen molar-refractivity contribution in [3.05, 3.63) is 64.3 Å². The Balaban J connectivity index is 1.29. The van der Waals surface area contributed by atoms with E-state index >= 15 is 0 Å². The summed E-state index contributed by atoms with van der Waals surface area (Å²) in [7, 11) is 1.76.